The van der Waals surface area contributed by atoms with Crippen molar-refractivity contribution >= 4 is 30.6 Å². The van der Waals surface area contributed by atoms with Gasteiger partial charge in [0.25, 0.3) is 5.22 Å². The standard InChI is InChI=1S/C8H13N3O2S2/c1-11(14)7(12)9-3-2-6-15-8-10-4-5-13-8/h4-5,14H,2-3,6H2,1H3,(H,9,12). The van der Waals surface area contributed by atoms with Crippen LogP contribution in [0, 0.1) is 0 Å². The Kier molecular flexibility index (Phi) is 5.41. The highest BCUT2D eigenvalue weighted by molar-refractivity contribution is 7.99. The predicted octanol–water partition coefficient (Wildman–Crippen LogP) is 1.64. The molecule has 84 valence electrons. The van der Waals surface area contributed by atoms with Gasteiger partial charge in [-0.25, -0.2) is 9.78 Å². The smallest absolute Gasteiger partial charge is 0.326 e. The van der Waals surface area contributed by atoms with Crippen molar-refractivity contribution in [3.05, 3.63) is 12.5 Å². The minimum absolute atomic E-state index is 0.195. The second-order valence-corrected chi connectivity index (χ2v) is 4.40. The van der Waals surface area contributed by atoms with E-state index >= 15 is 0 Å². The van der Waals surface area contributed by atoms with E-state index in [1.54, 1.807) is 19.5 Å². The van der Waals surface area contributed by atoms with Crippen LogP contribution < -0.4 is 5.32 Å². The summed E-state index contributed by atoms with van der Waals surface area (Å²) in [5.74, 6) is 0.858. The number of aromatic nitrogens is 1. The van der Waals surface area contributed by atoms with E-state index in [2.05, 4.69) is 23.1 Å². The normalized spacial score (nSPS) is 10.0. The number of nitrogens with one attached hydrogen (secondary N) is 1. The number of rotatable bonds is 5. The summed E-state index contributed by atoms with van der Waals surface area (Å²) >= 11 is 5.38. The van der Waals surface area contributed by atoms with Crippen molar-refractivity contribution in [1.29, 1.82) is 0 Å². The van der Waals surface area contributed by atoms with E-state index < -0.39 is 0 Å². The van der Waals surface area contributed by atoms with Gasteiger partial charge < -0.3 is 9.73 Å². The molecule has 5 nitrogen and oxygen atoms in total. The molecular weight excluding hydrogens is 234 g/mol. The fourth-order valence-corrected chi connectivity index (χ4v) is 1.62. The average molecular weight is 247 g/mol. The van der Waals surface area contributed by atoms with E-state index in [0.717, 1.165) is 12.2 Å². The highest BCUT2D eigenvalue weighted by atomic mass is 32.2. The van der Waals surface area contributed by atoms with E-state index in [1.807, 2.05) is 0 Å². The summed E-state index contributed by atoms with van der Waals surface area (Å²) in [5.41, 5.74) is 0. The number of oxazole rings is 1. The number of carbonyl (C=O) groups is 1. The van der Waals surface area contributed by atoms with E-state index in [4.69, 9.17) is 4.42 Å². The Morgan fingerprint density at radius 2 is 2.60 bits per heavy atom. The van der Waals surface area contributed by atoms with Gasteiger partial charge >= 0.3 is 6.03 Å². The maximum absolute atomic E-state index is 11.0. The third-order valence-electron chi connectivity index (χ3n) is 1.53. The van der Waals surface area contributed by atoms with Gasteiger partial charge in [-0.2, -0.15) is 0 Å². The third kappa shape index (κ3) is 4.98. The van der Waals surface area contributed by atoms with Gasteiger partial charge in [0.2, 0.25) is 0 Å². The molecule has 0 aliphatic rings. The lowest BCUT2D eigenvalue weighted by atomic mass is 10.5. The first-order valence-corrected chi connectivity index (χ1v) is 5.81. The maximum atomic E-state index is 11.0. The number of carbonyl (C=O) groups excluding carboxylic acids is 1. The van der Waals surface area contributed by atoms with Crippen molar-refractivity contribution in [3.8, 4) is 0 Å². The summed E-state index contributed by atoms with van der Waals surface area (Å²) in [6.07, 6.45) is 4.01. The van der Waals surface area contributed by atoms with Gasteiger partial charge in [0, 0.05) is 19.3 Å². The van der Waals surface area contributed by atoms with Crippen molar-refractivity contribution in [1.82, 2.24) is 14.6 Å². The Morgan fingerprint density at radius 3 is 3.20 bits per heavy atom. The van der Waals surface area contributed by atoms with E-state index in [0.29, 0.717) is 11.8 Å². The fraction of sp³-hybridized carbons (Fsp3) is 0.500. The van der Waals surface area contributed by atoms with Crippen LogP contribution in [0.4, 0.5) is 4.79 Å². The second-order valence-electron chi connectivity index (χ2n) is 2.76. The second kappa shape index (κ2) is 6.62. The van der Waals surface area contributed by atoms with Gasteiger partial charge in [0.1, 0.15) is 6.26 Å². The predicted molar refractivity (Wildman–Crippen MR) is 62.0 cm³/mol. The molecule has 0 fully saturated rings. The molecule has 0 bridgehead atoms. The Hall–Kier alpha value is -0.820. The van der Waals surface area contributed by atoms with Crippen LogP contribution in [0.1, 0.15) is 6.42 Å². The molecule has 7 heteroatoms. The minimum Gasteiger partial charge on any atom is -0.440 e. The highest BCUT2D eigenvalue weighted by Crippen LogP contribution is 2.14. The number of amides is 2. The van der Waals surface area contributed by atoms with Crippen LogP contribution in [0.2, 0.25) is 0 Å². The minimum atomic E-state index is -0.195. The summed E-state index contributed by atoms with van der Waals surface area (Å²) < 4.78 is 6.25. The molecule has 0 saturated carbocycles. The van der Waals surface area contributed by atoms with Crippen LogP contribution in [-0.2, 0) is 0 Å². The SMILES string of the molecule is CN(S)C(=O)NCCCSc1ncco1. The third-order valence-corrected chi connectivity index (χ3v) is 2.65. The molecule has 0 aliphatic carbocycles. The van der Waals surface area contributed by atoms with Gasteiger partial charge in [-0.05, 0) is 6.42 Å². The molecule has 1 aromatic heterocycles. The van der Waals surface area contributed by atoms with Crippen molar-refractivity contribution in [2.75, 3.05) is 19.3 Å². The molecule has 0 spiro atoms. The van der Waals surface area contributed by atoms with Gasteiger partial charge in [-0.1, -0.05) is 24.6 Å². The summed E-state index contributed by atoms with van der Waals surface area (Å²) in [5, 5.41) is 3.37. The van der Waals surface area contributed by atoms with Crippen LogP contribution in [0.25, 0.3) is 0 Å². The summed E-state index contributed by atoms with van der Waals surface area (Å²) in [6.45, 7) is 0.622. The zero-order valence-electron chi connectivity index (χ0n) is 8.34. The van der Waals surface area contributed by atoms with Crippen molar-refractivity contribution in [2.45, 2.75) is 11.6 Å². The molecule has 1 aromatic rings. The molecule has 0 aliphatic heterocycles. The molecule has 0 atom stereocenters. The Balaban J connectivity index is 2.00. The van der Waals surface area contributed by atoms with Crippen LogP contribution in [-0.4, -0.2) is 34.7 Å². The van der Waals surface area contributed by atoms with Crippen LogP contribution >= 0.6 is 24.6 Å². The summed E-state index contributed by atoms with van der Waals surface area (Å²) in [6, 6.07) is -0.195. The van der Waals surface area contributed by atoms with Gasteiger partial charge in [0.15, 0.2) is 0 Å². The number of thiol groups is 1. The lowest BCUT2D eigenvalue weighted by molar-refractivity contribution is 0.231. The van der Waals surface area contributed by atoms with E-state index in [1.165, 1.54) is 16.1 Å². The van der Waals surface area contributed by atoms with Crippen LogP contribution in [0.15, 0.2) is 22.1 Å². The zero-order valence-corrected chi connectivity index (χ0v) is 10.1. The van der Waals surface area contributed by atoms with Gasteiger partial charge in [-0.3, -0.25) is 4.31 Å². The van der Waals surface area contributed by atoms with Crippen molar-refractivity contribution in [2.24, 2.45) is 0 Å². The Bertz CT molecular complexity index is 290. The highest BCUT2D eigenvalue weighted by Gasteiger charge is 2.02. The fourth-order valence-electron chi connectivity index (χ4n) is 0.823. The topological polar surface area (TPSA) is 58.4 Å². The van der Waals surface area contributed by atoms with Gasteiger partial charge in [0.05, 0.1) is 6.20 Å². The van der Waals surface area contributed by atoms with Crippen LogP contribution in [0.5, 0.6) is 0 Å². The first-order valence-electron chi connectivity index (χ1n) is 4.43. The monoisotopic (exact) mass is 247 g/mol. The largest absolute Gasteiger partial charge is 0.440 e. The molecule has 0 radical (unpaired) electrons. The molecule has 0 unspecified atom stereocenters. The molecule has 0 aromatic carbocycles. The lowest BCUT2D eigenvalue weighted by Crippen LogP contribution is -2.32. The van der Waals surface area contributed by atoms with Crippen molar-refractivity contribution in [3.63, 3.8) is 0 Å². The summed E-state index contributed by atoms with van der Waals surface area (Å²) in [4.78, 5) is 15.0. The molecule has 2 amide bonds. The van der Waals surface area contributed by atoms with Crippen molar-refractivity contribution < 1.29 is 9.21 Å². The van der Waals surface area contributed by atoms with E-state index in [-0.39, 0.29) is 6.03 Å². The lowest BCUT2D eigenvalue weighted by Gasteiger charge is -2.09. The quantitative estimate of drug-likeness (QED) is 0.472. The number of hydrogen-bond acceptors (Lipinski definition) is 5. The number of hydrogen-bond donors (Lipinski definition) is 2. The maximum Gasteiger partial charge on any atom is 0.326 e. The first kappa shape index (κ1) is 12.3. The van der Waals surface area contributed by atoms with Gasteiger partial charge in [-0.15, -0.1) is 0 Å². The van der Waals surface area contributed by atoms with E-state index in [9.17, 15) is 4.79 Å². The Morgan fingerprint density at radius 1 is 1.80 bits per heavy atom. The molecule has 0 saturated heterocycles. The molecule has 1 rings (SSSR count). The summed E-state index contributed by atoms with van der Waals surface area (Å²) in [7, 11) is 1.58. The molecular formula is C8H13N3O2S2. The number of nitrogens with zero attached hydrogens (tertiary/aromatic N) is 2. The molecule has 1 heterocycles. The van der Waals surface area contributed by atoms with Crippen LogP contribution in [0.3, 0.4) is 0 Å². The zero-order chi connectivity index (χ0) is 11.1. The molecule has 1 N–H and O–H groups in total. The first-order chi connectivity index (χ1) is 7.20. The average Bonchev–Trinajstić information content (AvgIpc) is 2.69. The number of urea groups is 1. The molecule has 15 heavy (non-hydrogen) atoms. The number of thioether (sulfide) groups is 1. The Labute approximate surface area is 98.2 Å².